The Bertz CT molecular complexity index is 10300. The highest BCUT2D eigenvalue weighted by Crippen LogP contribution is 2.58. The van der Waals surface area contributed by atoms with Crippen LogP contribution in [-0.2, 0) is 16.2 Å². The molecule has 0 spiro atoms. The van der Waals surface area contributed by atoms with E-state index in [-0.39, 0.29) is 16.2 Å². The Morgan fingerprint density at radius 3 is 0.833 bits per heavy atom. The fraction of sp³-hybridized carbons (Fsp3) is 0.0672. The van der Waals surface area contributed by atoms with E-state index in [9.17, 15) is 0 Å². The van der Waals surface area contributed by atoms with E-state index in [2.05, 4.69) is 456 Å². The molecule has 0 fully saturated rings. The van der Waals surface area contributed by atoms with Crippen LogP contribution >= 0.6 is 0 Å². The van der Waals surface area contributed by atoms with Gasteiger partial charge < -0.3 is 0 Å². The molecular weight excluding hydrogens is 1750 g/mol. The van der Waals surface area contributed by atoms with E-state index >= 15 is 0 Å². The van der Waals surface area contributed by atoms with Gasteiger partial charge in [-0.3, -0.25) is 13.7 Å². The average molecular weight is 1840 g/mol. The molecule has 6 heterocycles. The van der Waals surface area contributed by atoms with Crippen LogP contribution in [0.4, 0.5) is 0 Å². The van der Waals surface area contributed by atoms with Crippen LogP contribution in [0.5, 0.6) is 0 Å². The molecule has 0 N–H and O–H groups in total. The quantitative estimate of drug-likeness (QED) is 0.156. The summed E-state index contributed by atoms with van der Waals surface area (Å²) in [5, 5.41) is 26.6. The number of rotatable bonds is 7. The number of fused-ring (bicyclic) bond motifs is 24. The molecule has 31 rings (SSSR count). The third-order valence-electron chi connectivity index (χ3n) is 31.4. The lowest BCUT2D eigenvalue weighted by molar-refractivity contribution is 0.645. The van der Waals surface area contributed by atoms with Crippen molar-refractivity contribution >= 4 is 163 Å². The van der Waals surface area contributed by atoms with Gasteiger partial charge in [-0.15, -0.1) is 0 Å². The fourth-order valence-corrected chi connectivity index (χ4v) is 24.6. The van der Waals surface area contributed by atoms with Crippen molar-refractivity contribution in [3.8, 4) is 96.5 Å². The van der Waals surface area contributed by atoms with Crippen molar-refractivity contribution in [2.24, 2.45) is 0 Å². The summed E-state index contributed by atoms with van der Waals surface area (Å²) in [6.07, 6.45) is 0. The van der Waals surface area contributed by atoms with Crippen molar-refractivity contribution in [1.82, 2.24) is 48.6 Å². The Balaban J connectivity index is 0.000000103. The van der Waals surface area contributed by atoms with Gasteiger partial charge in [-0.1, -0.05) is 406 Å². The minimum absolute atomic E-state index is 0.137. The second-order valence-corrected chi connectivity index (χ2v) is 40.5. The molecule has 144 heavy (non-hydrogen) atoms. The van der Waals surface area contributed by atoms with E-state index < -0.39 is 0 Å². The predicted octanol–water partition coefficient (Wildman–Crippen LogP) is 34.1. The number of hydrogen-bond donors (Lipinski definition) is 0. The zero-order chi connectivity index (χ0) is 95.7. The molecule has 22 aromatic carbocycles. The highest BCUT2D eigenvalue weighted by molar-refractivity contribution is 6.28. The number of aromatic nitrogens is 10. The molecule has 676 valence electrons. The zero-order valence-electron chi connectivity index (χ0n) is 80.0. The Labute approximate surface area is 829 Å². The van der Waals surface area contributed by atoms with Crippen LogP contribution in [0.25, 0.3) is 259 Å². The standard InChI is InChI=1S/C47H31N3.C44H30N4.C43H29N3/c1-47(2)38-19-9-7-17-34(38)43-42-32(16-11-20-39(42)47)26-37-36-25-30-14-5-6-15-31(30)27-41(36)50(45(37)43)46-48-40-21-10-8-18-35(40)44(49-46)33-23-22-28-12-3-4-13-29(28)24-33;1-44(2)35-22-12-11-21-32(35)39-38-31(20-13-23-36(38)44)25-34-33-24-29-18-9-10-19-30(29)26-37(33)48(40(34)39)43-46-41(27-14-5-3-6-15-27)45-42(47-43)28-16-7-4-8-17-28;1-43(2)34-20-10-8-18-30(34)39-38-29(17-12-21-35(38)43)24-33-32-23-27-15-6-7-16-28(27)25-37(32)46(41(33)39)42-44-36-22-11-9-19-31(36)40(45-42)26-13-4-3-5-14-26/h3-27H,1-2H3;3-26H,1-2H3;3-25H,1-2H3. The molecule has 28 aromatic rings. The second-order valence-electron chi connectivity index (χ2n) is 40.5. The number of hydrogen-bond acceptors (Lipinski definition) is 7. The van der Waals surface area contributed by atoms with E-state index in [1.54, 1.807) is 0 Å². The fourth-order valence-electron chi connectivity index (χ4n) is 24.6. The average Bonchev–Trinajstić information content (AvgIpc) is 1.46. The molecule has 0 amide bonds. The van der Waals surface area contributed by atoms with Gasteiger partial charge in [-0.25, -0.2) is 24.9 Å². The van der Waals surface area contributed by atoms with E-state index in [1.807, 2.05) is 36.4 Å². The molecule has 6 aromatic heterocycles. The summed E-state index contributed by atoms with van der Waals surface area (Å²) in [5.41, 5.74) is 29.7. The maximum Gasteiger partial charge on any atom is 0.238 e. The second kappa shape index (κ2) is 31.4. The highest BCUT2D eigenvalue weighted by Gasteiger charge is 2.41. The molecule has 0 saturated heterocycles. The first kappa shape index (κ1) is 82.8. The van der Waals surface area contributed by atoms with E-state index in [0.717, 1.165) is 88.5 Å². The van der Waals surface area contributed by atoms with Gasteiger partial charge in [0, 0.05) is 98.3 Å². The van der Waals surface area contributed by atoms with Gasteiger partial charge in [0.2, 0.25) is 17.8 Å². The molecule has 0 unspecified atom stereocenters. The van der Waals surface area contributed by atoms with Gasteiger partial charge >= 0.3 is 0 Å². The summed E-state index contributed by atoms with van der Waals surface area (Å²) in [5.74, 6) is 3.26. The summed E-state index contributed by atoms with van der Waals surface area (Å²) in [6.45, 7) is 14.1. The van der Waals surface area contributed by atoms with Crippen LogP contribution in [0, 0.1) is 0 Å². The molecule has 10 heteroatoms. The maximum atomic E-state index is 5.53. The Morgan fingerprint density at radius 1 is 0.181 bits per heavy atom. The summed E-state index contributed by atoms with van der Waals surface area (Å²) in [6, 6.07) is 157. The third kappa shape index (κ3) is 12.4. The van der Waals surface area contributed by atoms with Gasteiger partial charge in [0.05, 0.1) is 55.5 Å². The van der Waals surface area contributed by atoms with Crippen molar-refractivity contribution in [3.63, 3.8) is 0 Å². The van der Waals surface area contributed by atoms with Crippen molar-refractivity contribution in [1.29, 1.82) is 0 Å². The lowest BCUT2D eigenvalue weighted by atomic mass is 9.68. The highest BCUT2D eigenvalue weighted by atomic mass is 15.2. The topological polar surface area (TPSA) is 105 Å². The van der Waals surface area contributed by atoms with Crippen molar-refractivity contribution in [3.05, 3.63) is 470 Å². The van der Waals surface area contributed by atoms with E-state index in [0.29, 0.717) is 29.5 Å². The molecule has 0 saturated carbocycles. The monoisotopic (exact) mass is 1840 g/mol. The first-order chi connectivity index (χ1) is 70.7. The molecular formula is C134H90N10. The SMILES string of the molecule is CC1(C)c2ccccc2-c2c3c1cccc3cc1c3cc4ccccc4cc3n(-c3nc(-c4ccc5ccccc5c4)c4ccccc4n3)c21.CC1(C)c2ccccc2-c2c3c1cccc3cc1c3cc4ccccc4cc3n(-c3nc(-c4ccccc4)c4ccccc4n3)c21.CC1(C)c2ccccc2-c2c3c1cccc3cc1c3cc4ccccc4cc3n(-c3nc(-c4ccccc4)nc(-c4ccccc4)n3)c21. The first-order valence-corrected chi connectivity index (χ1v) is 49.7. The lowest BCUT2D eigenvalue weighted by Crippen LogP contribution is -2.23. The molecule has 3 aliphatic carbocycles. The summed E-state index contributed by atoms with van der Waals surface area (Å²) in [7, 11) is 0. The minimum Gasteiger partial charge on any atom is -0.277 e. The molecule has 0 radical (unpaired) electrons. The smallest absolute Gasteiger partial charge is 0.238 e. The van der Waals surface area contributed by atoms with Gasteiger partial charge in [-0.2, -0.15) is 9.97 Å². The Morgan fingerprint density at radius 2 is 0.458 bits per heavy atom. The third-order valence-corrected chi connectivity index (χ3v) is 31.4. The normalized spacial score (nSPS) is 13.5. The van der Waals surface area contributed by atoms with Gasteiger partial charge in [0.1, 0.15) is 0 Å². The minimum atomic E-state index is -0.156. The number of nitrogens with zero attached hydrogens (tertiary/aromatic N) is 10. The van der Waals surface area contributed by atoms with Gasteiger partial charge in [-0.05, 0) is 198 Å². The van der Waals surface area contributed by atoms with Crippen LogP contribution in [0.2, 0.25) is 0 Å². The van der Waals surface area contributed by atoms with Crippen LogP contribution < -0.4 is 0 Å². The lowest BCUT2D eigenvalue weighted by Gasteiger charge is -2.35. The molecule has 0 atom stereocenters. The van der Waals surface area contributed by atoms with Crippen molar-refractivity contribution in [2.75, 3.05) is 0 Å². The van der Waals surface area contributed by atoms with Gasteiger partial charge in [0.15, 0.2) is 11.6 Å². The van der Waals surface area contributed by atoms with E-state index in [1.165, 1.54) is 174 Å². The van der Waals surface area contributed by atoms with Crippen molar-refractivity contribution < 1.29 is 0 Å². The van der Waals surface area contributed by atoms with E-state index in [4.69, 9.17) is 34.9 Å². The van der Waals surface area contributed by atoms with Crippen LogP contribution in [0.3, 0.4) is 0 Å². The first-order valence-electron chi connectivity index (χ1n) is 49.7. The molecule has 0 aliphatic heterocycles. The zero-order valence-corrected chi connectivity index (χ0v) is 80.0. The van der Waals surface area contributed by atoms with Crippen molar-refractivity contribution in [2.45, 2.75) is 57.8 Å². The number of benzene rings is 22. The van der Waals surface area contributed by atoms with Crippen LogP contribution in [0.1, 0.15) is 74.9 Å². The molecule has 3 aliphatic rings. The Kier molecular flexibility index (Phi) is 18.0. The largest absolute Gasteiger partial charge is 0.277 e. The number of para-hydroxylation sites is 2. The summed E-state index contributed by atoms with van der Waals surface area (Å²) in [4.78, 5) is 37.2. The molecule has 0 bridgehead atoms. The maximum absolute atomic E-state index is 5.53. The summed E-state index contributed by atoms with van der Waals surface area (Å²) < 4.78 is 7.00. The Hall–Kier alpha value is -18.3. The molecule has 10 nitrogen and oxygen atoms in total. The van der Waals surface area contributed by atoms with Crippen LogP contribution in [0.15, 0.2) is 437 Å². The van der Waals surface area contributed by atoms with Gasteiger partial charge in [0.25, 0.3) is 0 Å². The van der Waals surface area contributed by atoms with Crippen LogP contribution in [-0.4, -0.2) is 48.6 Å². The predicted molar refractivity (Wildman–Crippen MR) is 599 cm³/mol. The summed E-state index contributed by atoms with van der Waals surface area (Å²) >= 11 is 0.